The number of benzene rings is 3. The van der Waals surface area contributed by atoms with Crippen LogP contribution in [0.4, 0.5) is 11.6 Å². The van der Waals surface area contributed by atoms with Gasteiger partial charge in [-0.2, -0.15) is 5.10 Å². The number of aromatic nitrogens is 4. The second-order valence-corrected chi connectivity index (χ2v) is 5.78. The van der Waals surface area contributed by atoms with E-state index in [2.05, 4.69) is 38.1 Å². The molecular weight excluding hydrogens is 336 g/mol. The molecule has 1 N–H and O–H groups in total. The van der Waals surface area contributed by atoms with Crippen molar-refractivity contribution in [3.8, 4) is 0 Å². The van der Waals surface area contributed by atoms with Crippen molar-refractivity contribution in [1.29, 1.82) is 0 Å². The van der Waals surface area contributed by atoms with Crippen LogP contribution in [-0.4, -0.2) is 26.5 Å². The molecule has 0 unspecified atom stereocenters. The molecule has 0 amide bonds. The second kappa shape index (κ2) is 6.70. The Balaban J connectivity index is 1.62. The topological polar surface area (TPSA) is 68.0 Å². The summed E-state index contributed by atoms with van der Waals surface area (Å²) in [5, 5.41) is 22.0. The lowest BCUT2D eigenvalue weighted by Crippen LogP contribution is -2.01. The smallest absolute Gasteiger partial charge is 0.269 e. The Hall–Kier alpha value is -3.25. The van der Waals surface area contributed by atoms with Gasteiger partial charge in [-0.1, -0.05) is 70.0 Å². The van der Waals surface area contributed by atoms with Crippen LogP contribution in [0, 0.1) is 0 Å². The minimum Gasteiger partial charge on any atom is -0.321 e. The van der Waals surface area contributed by atoms with E-state index in [4.69, 9.17) is 11.6 Å². The van der Waals surface area contributed by atoms with E-state index in [1.807, 2.05) is 42.5 Å². The van der Waals surface area contributed by atoms with Crippen molar-refractivity contribution >= 4 is 40.2 Å². The molecule has 0 aliphatic carbocycles. The third-order valence-corrected chi connectivity index (χ3v) is 3.93. The average Bonchev–Trinajstić information content (AvgIpc) is 3.09. The van der Waals surface area contributed by atoms with Crippen molar-refractivity contribution in [3.05, 3.63) is 77.3 Å². The summed E-state index contributed by atoms with van der Waals surface area (Å²) in [6.07, 6.45) is 1.67. The standard InChI is InChI=1S/C18H13ClN6/c19-15-10-8-13(9-11-15)12-20-25-18(22-23-24-25)21-17-7-3-5-14-4-1-2-6-16(14)17/h1-12H,(H,21,22,24). The Kier molecular flexibility index (Phi) is 4.10. The van der Waals surface area contributed by atoms with Crippen LogP contribution in [0.15, 0.2) is 71.8 Å². The Bertz CT molecular complexity index is 1030. The zero-order valence-electron chi connectivity index (χ0n) is 13.0. The number of rotatable bonds is 4. The zero-order valence-corrected chi connectivity index (χ0v) is 13.8. The van der Waals surface area contributed by atoms with Crippen molar-refractivity contribution < 1.29 is 0 Å². The SMILES string of the molecule is Clc1ccc(C=Nn2nnnc2Nc2cccc3ccccc23)cc1. The zero-order chi connectivity index (χ0) is 17.1. The molecule has 0 bridgehead atoms. The molecule has 0 atom stereocenters. The third kappa shape index (κ3) is 3.34. The van der Waals surface area contributed by atoms with E-state index in [1.165, 1.54) is 4.79 Å². The van der Waals surface area contributed by atoms with Gasteiger partial charge in [0.2, 0.25) is 0 Å². The largest absolute Gasteiger partial charge is 0.321 e. The van der Waals surface area contributed by atoms with Crippen molar-refractivity contribution in [2.45, 2.75) is 0 Å². The van der Waals surface area contributed by atoms with E-state index >= 15 is 0 Å². The Morgan fingerprint density at radius 2 is 1.76 bits per heavy atom. The molecule has 0 radical (unpaired) electrons. The molecule has 0 aliphatic rings. The number of tetrazole rings is 1. The third-order valence-electron chi connectivity index (χ3n) is 3.68. The summed E-state index contributed by atoms with van der Waals surface area (Å²) in [6, 6.07) is 21.5. The number of nitrogens with zero attached hydrogens (tertiary/aromatic N) is 5. The quantitative estimate of drug-likeness (QED) is 0.564. The van der Waals surface area contributed by atoms with Crippen LogP contribution in [0.2, 0.25) is 5.02 Å². The van der Waals surface area contributed by atoms with E-state index in [-0.39, 0.29) is 0 Å². The van der Waals surface area contributed by atoms with Gasteiger partial charge in [0, 0.05) is 16.1 Å². The molecular formula is C18H13ClN6. The van der Waals surface area contributed by atoms with Gasteiger partial charge in [-0.15, -0.1) is 0 Å². The molecule has 122 valence electrons. The van der Waals surface area contributed by atoms with Crippen molar-refractivity contribution in [3.63, 3.8) is 0 Å². The van der Waals surface area contributed by atoms with E-state index < -0.39 is 0 Å². The number of halogens is 1. The average molecular weight is 349 g/mol. The van der Waals surface area contributed by atoms with Crippen LogP contribution in [-0.2, 0) is 0 Å². The normalized spacial score (nSPS) is 11.2. The van der Waals surface area contributed by atoms with Gasteiger partial charge in [0.25, 0.3) is 5.95 Å². The van der Waals surface area contributed by atoms with Gasteiger partial charge in [-0.25, -0.2) is 0 Å². The van der Waals surface area contributed by atoms with Crippen LogP contribution < -0.4 is 5.32 Å². The molecule has 0 spiro atoms. The lowest BCUT2D eigenvalue weighted by atomic mass is 10.1. The Morgan fingerprint density at radius 3 is 2.64 bits per heavy atom. The molecule has 1 aromatic heterocycles. The predicted octanol–water partition coefficient (Wildman–Crippen LogP) is 4.11. The molecule has 4 aromatic rings. The van der Waals surface area contributed by atoms with Gasteiger partial charge >= 0.3 is 0 Å². The number of nitrogens with one attached hydrogen (secondary N) is 1. The van der Waals surface area contributed by atoms with Gasteiger partial charge in [-0.05, 0) is 39.6 Å². The molecule has 25 heavy (non-hydrogen) atoms. The number of fused-ring (bicyclic) bond motifs is 1. The van der Waals surface area contributed by atoms with Crippen molar-refractivity contribution in [1.82, 2.24) is 20.3 Å². The minimum absolute atomic E-state index is 0.432. The highest BCUT2D eigenvalue weighted by molar-refractivity contribution is 6.30. The summed E-state index contributed by atoms with van der Waals surface area (Å²) in [5.41, 5.74) is 1.81. The number of hydrogen-bond donors (Lipinski definition) is 1. The van der Waals surface area contributed by atoms with Gasteiger partial charge in [0.05, 0.1) is 6.21 Å². The van der Waals surface area contributed by atoms with Crippen LogP contribution in [0.5, 0.6) is 0 Å². The van der Waals surface area contributed by atoms with E-state index in [1.54, 1.807) is 18.3 Å². The van der Waals surface area contributed by atoms with Crippen LogP contribution >= 0.6 is 11.6 Å². The highest BCUT2D eigenvalue weighted by Gasteiger charge is 2.07. The van der Waals surface area contributed by atoms with E-state index in [9.17, 15) is 0 Å². The first-order chi connectivity index (χ1) is 12.3. The van der Waals surface area contributed by atoms with Gasteiger partial charge in [0.15, 0.2) is 0 Å². The lowest BCUT2D eigenvalue weighted by Gasteiger charge is -2.07. The molecule has 0 fully saturated rings. The van der Waals surface area contributed by atoms with E-state index in [0.29, 0.717) is 11.0 Å². The molecule has 3 aromatic carbocycles. The van der Waals surface area contributed by atoms with Crippen molar-refractivity contribution in [2.24, 2.45) is 5.10 Å². The summed E-state index contributed by atoms with van der Waals surface area (Å²) in [6.45, 7) is 0. The van der Waals surface area contributed by atoms with Gasteiger partial charge in [-0.3, -0.25) is 0 Å². The molecule has 0 aliphatic heterocycles. The highest BCUT2D eigenvalue weighted by atomic mass is 35.5. The highest BCUT2D eigenvalue weighted by Crippen LogP contribution is 2.25. The molecule has 0 saturated heterocycles. The summed E-state index contributed by atoms with van der Waals surface area (Å²) < 4.78 is 0. The van der Waals surface area contributed by atoms with Crippen LogP contribution in [0.3, 0.4) is 0 Å². The fourth-order valence-corrected chi connectivity index (χ4v) is 2.59. The molecule has 0 saturated carbocycles. The van der Waals surface area contributed by atoms with Crippen LogP contribution in [0.1, 0.15) is 5.56 Å². The van der Waals surface area contributed by atoms with E-state index in [0.717, 1.165) is 22.0 Å². The van der Waals surface area contributed by atoms with Crippen molar-refractivity contribution in [2.75, 3.05) is 5.32 Å². The summed E-state index contributed by atoms with van der Waals surface area (Å²) >= 11 is 5.88. The maximum atomic E-state index is 5.88. The summed E-state index contributed by atoms with van der Waals surface area (Å²) in [7, 11) is 0. The molecule has 4 rings (SSSR count). The summed E-state index contributed by atoms with van der Waals surface area (Å²) in [5.74, 6) is 0.432. The number of hydrogen-bond acceptors (Lipinski definition) is 5. The van der Waals surface area contributed by atoms with Crippen LogP contribution in [0.25, 0.3) is 10.8 Å². The maximum Gasteiger partial charge on any atom is 0.269 e. The number of anilines is 2. The molecule has 1 heterocycles. The first kappa shape index (κ1) is 15.3. The minimum atomic E-state index is 0.432. The lowest BCUT2D eigenvalue weighted by molar-refractivity contribution is 0.699. The molecule has 6 nitrogen and oxygen atoms in total. The first-order valence-electron chi connectivity index (χ1n) is 7.63. The Labute approximate surface area is 148 Å². The van der Waals surface area contributed by atoms with Gasteiger partial charge < -0.3 is 5.32 Å². The fraction of sp³-hybridized carbons (Fsp3) is 0. The second-order valence-electron chi connectivity index (χ2n) is 5.34. The summed E-state index contributed by atoms with van der Waals surface area (Å²) in [4.78, 5) is 1.34. The fourth-order valence-electron chi connectivity index (χ4n) is 2.46. The maximum absolute atomic E-state index is 5.88. The molecule has 7 heteroatoms. The predicted molar refractivity (Wildman–Crippen MR) is 99.5 cm³/mol. The first-order valence-corrected chi connectivity index (χ1v) is 8.00. The Morgan fingerprint density at radius 1 is 0.960 bits per heavy atom. The van der Waals surface area contributed by atoms with Gasteiger partial charge in [0.1, 0.15) is 0 Å². The monoisotopic (exact) mass is 348 g/mol.